The van der Waals surface area contributed by atoms with Crippen molar-refractivity contribution in [1.29, 1.82) is 0 Å². The molecule has 19 heavy (non-hydrogen) atoms. The zero-order valence-electron chi connectivity index (χ0n) is 11.8. The minimum Gasteiger partial charge on any atom is -0.377 e. The van der Waals surface area contributed by atoms with Crippen molar-refractivity contribution in [3.8, 4) is 0 Å². The van der Waals surface area contributed by atoms with Gasteiger partial charge in [0.25, 0.3) is 0 Å². The molecule has 0 radical (unpaired) electrons. The van der Waals surface area contributed by atoms with Gasteiger partial charge >= 0.3 is 0 Å². The molecule has 0 atom stereocenters. The van der Waals surface area contributed by atoms with E-state index in [1.54, 1.807) is 6.07 Å². The van der Waals surface area contributed by atoms with E-state index in [1.165, 1.54) is 0 Å². The predicted octanol–water partition coefficient (Wildman–Crippen LogP) is 1.14. The number of hydrazine groups is 1. The highest BCUT2D eigenvalue weighted by atomic mass is 16.5. The van der Waals surface area contributed by atoms with Gasteiger partial charge < -0.3 is 20.2 Å². The summed E-state index contributed by atoms with van der Waals surface area (Å²) in [5.41, 5.74) is 2.51. The molecule has 0 saturated heterocycles. The second-order valence-corrected chi connectivity index (χ2v) is 4.18. The summed E-state index contributed by atoms with van der Waals surface area (Å²) in [6.45, 7) is 8.20. The largest absolute Gasteiger partial charge is 0.377 e. The van der Waals surface area contributed by atoms with Crippen LogP contribution in [0.25, 0.3) is 0 Å². The van der Waals surface area contributed by atoms with Gasteiger partial charge in [0.15, 0.2) is 5.82 Å². The first-order chi connectivity index (χ1) is 9.15. The molecule has 0 saturated carbocycles. The lowest BCUT2D eigenvalue weighted by Crippen LogP contribution is -2.16. The molecule has 0 amide bonds. The third kappa shape index (κ3) is 6.32. The number of nitrogens with zero attached hydrogens (tertiary/aromatic N) is 2. The summed E-state index contributed by atoms with van der Waals surface area (Å²) in [4.78, 5) is 8.54. The van der Waals surface area contributed by atoms with Gasteiger partial charge in [-0.25, -0.2) is 15.8 Å². The fourth-order valence-corrected chi connectivity index (χ4v) is 1.39. The van der Waals surface area contributed by atoms with E-state index >= 15 is 0 Å². The lowest BCUT2D eigenvalue weighted by Gasteiger charge is -2.11. The van der Waals surface area contributed by atoms with Crippen LogP contribution in [-0.2, 0) is 16.1 Å². The summed E-state index contributed by atoms with van der Waals surface area (Å²) < 4.78 is 10.7. The van der Waals surface area contributed by atoms with E-state index in [-0.39, 0.29) is 6.10 Å². The third-order valence-corrected chi connectivity index (χ3v) is 2.21. The van der Waals surface area contributed by atoms with Crippen LogP contribution in [0, 0.1) is 0 Å². The van der Waals surface area contributed by atoms with Gasteiger partial charge in [0.2, 0.25) is 0 Å². The van der Waals surface area contributed by atoms with Crippen molar-refractivity contribution in [2.45, 2.75) is 33.5 Å². The first kappa shape index (κ1) is 15.6. The Morgan fingerprint density at radius 3 is 2.68 bits per heavy atom. The maximum absolute atomic E-state index is 5.44. The topological polar surface area (TPSA) is 94.3 Å². The van der Waals surface area contributed by atoms with Crippen LogP contribution in [0.5, 0.6) is 0 Å². The SMILES string of the molecule is CCOCc1nc(NN)cc(NCCOC(C)C)n1. The van der Waals surface area contributed by atoms with E-state index in [4.69, 9.17) is 15.3 Å². The van der Waals surface area contributed by atoms with Crippen molar-refractivity contribution in [2.24, 2.45) is 5.84 Å². The highest BCUT2D eigenvalue weighted by Crippen LogP contribution is 2.10. The van der Waals surface area contributed by atoms with Gasteiger partial charge in [-0.2, -0.15) is 0 Å². The van der Waals surface area contributed by atoms with Crippen molar-refractivity contribution in [2.75, 3.05) is 30.5 Å². The smallest absolute Gasteiger partial charge is 0.158 e. The highest BCUT2D eigenvalue weighted by molar-refractivity contribution is 5.46. The number of nitrogens with two attached hydrogens (primary N) is 1. The van der Waals surface area contributed by atoms with Gasteiger partial charge in [0.1, 0.15) is 18.2 Å². The molecule has 1 rings (SSSR count). The van der Waals surface area contributed by atoms with E-state index in [9.17, 15) is 0 Å². The first-order valence-electron chi connectivity index (χ1n) is 6.43. The van der Waals surface area contributed by atoms with Crippen LogP contribution in [0.2, 0.25) is 0 Å². The first-order valence-corrected chi connectivity index (χ1v) is 6.43. The highest BCUT2D eigenvalue weighted by Gasteiger charge is 2.04. The van der Waals surface area contributed by atoms with Crippen molar-refractivity contribution in [1.82, 2.24) is 9.97 Å². The Morgan fingerprint density at radius 2 is 2.05 bits per heavy atom. The molecule has 4 N–H and O–H groups in total. The maximum atomic E-state index is 5.44. The Kier molecular flexibility index (Phi) is 7.09. The number of aromatic nitrogens is 2. The van der Waals surface area contributed by atoms with Crippen LogP contribution < -0.4 is 16.6 Å². The molecule has 7 nitrogen and oxygen atoms in total. The van der Waals surface area contributed by atoms with Gasteiger partial charge in [0.05, 0.1) is 12.7 Å². The summed E-state index contributed by atoms with van der Waals surface area (Å²) in [6, 6.07) is 1.74. The molecule has 1 aromatic heterocycles. The van der Waals surface area contributed by atoms with Crippen molar-refractivity contribution < 1.29 is 9.47 Å². The molecule has 0 fully saturated rings. The monoisotopic (exact) mass is 269 g/mol. The molecule has 0 aliphatic rings. The molecule has 0 bridgehead atoms. The van der Waals surface area contributed by atoms with E-state index in [2.05, 4.69) is 20.7 Å². The summed E-state index contributed by atoms with van der Waals surface area (Å²) in [7, 11) is 0. The van der Waals surface area contributed by atoms with Crippen LogP contribution in [0.4, 0.5) is 11.6 Å². The Bertz CT molecular complexity index is 373. The Balaban J connectivity index is 2.55. The fraction of sp³-hybridized carbons (Fsp3) is 0.667. The third-order valence-electron chi connectivity index (χ3n) is 2.21. The van der Waals surface area contributed by atoms with Crippen LogP contribution >= 0.6 is 0 Å². The summed E-state index contributed by atoms with van der Waals surface area (Å²) in [5, 5.41) is 3.16. The van der Waals surface area contributed by atoms with Gasteiger partial charge in [0, 0.05) is 19.2 Å². The minimum atomic E-state index is 0.224. The van der Waals surface area contributed by atoms with Crippen molar-refractivity contribution >= 4 is 11.6 Å². The zero-order valence-corrected chi connectivity index (χ0v) is 11.8. The number of hydrogen-bond donors (Lipinski definition) is 3. The summed E-state index contributed by atoms with van der Waals surface area (Å²) >= 11 is 0. The van der Waals surface area contributed by atoms with Crippen LogP contribution in [0.3, 0.4) is 0 Å². The maximum Gasteiger partial charge on any atom is 0.158 e. The Labute approximate surface area is 113 Å². The molecule has 0 aliphatic heterocycles. The van der Waals surface area contributed by atoms with Gasteiger partial charge in [-0.1, -0.05) is 0 Å². The Hall–Kier alpha value is -1.44. The van der Waals surface area contributed by atoms with E-state index in [0.29, 0.717) is 43.8 Å². The molecule has 0 aliphatic carbocycles. The van der Waals surface area contributed by atoms with E-state index in [1.807, 2.05) is 20.8 Å². The standard InChI is InChI=1S/C12H23N5O2/c1-4-18-8-12-15-10(7-11(16-12)17-13)14-5-6-19-9(2)3/h7,9H,4-6,8,13H2,1-3H3,(H2,14,15,16,17). The molecule has 0 aromatic carbocycles. The molecular weight excluding hydrogens is 246 g/mol. The number of ether oxygens (including phenoxy) is 2. The van der Waals surface area contributed by atoms with Crippen molar-refractivity contribution in [3.05, 3.63) is 11.9 Å². The second-order valence-electron chi connectivity index (χ2n) is 4.18. The van der Waals surface area contributed by atoms with Crippen LogP contribution in [0.1, 0.15) is 26.6 Å². The lowest BCUT2D eigenvalue weighted by atomic mass is 10.4. The molecule has 0 spiro atoms. The molecule has 7 heteroatoms. The number of anilines is 2. The fourth-order valence-electron chi connectivity index (χ4n) is 1.39. The zero-order chi connectivity index (χ0) is 14.1. The molecule has 1 aromatic rings. The second kappa shape index (κ2) is 8.63. The number of nitrogen functional groups attached to an aromatic ring is 1. The van der Waals surface area contributed by atoms with Crippen molar-refractivity contribution in [3.63, 3.8) is 0 Å². The molecule has 0 unspecified atom stereocenters. The molecular formula is C12H23N5O2. The van der Waals surface area contributed by atoms with E-state index < -0.39 is 0 Å². The number of hydrogen-bond acceptors (Lipinski definition) is 7. The van der Waals surface area contributed by atoms with Gasteiger partial charge in [-0.3, -0.25) is 0 Å². The molecule has 108 valence electrons. The predicted molar refractivity (Wildman–Crippen MR) is 74.7 cm³/mol. The minimum absolute atomic E-state index is 0.224. The molecule has 1 heterocycles. The quantitative estimate of drug-likeness (QED) is 0.351. The number of rotatable bonds is 9. The lowest BCUT2D eigenvalue weighted by molar-refractivity contribution is 0.0870. The van der Waals surface area contributed by atoms with Gasteiger partial charge in [-0.05, 0) is 20.8 Å². The van der Waals surface area contributed by atoms with Crippen LogP contribution in [0.15, 0.2) is 6.07 Å². The normalized spacial score (nSPS) is 10.8. The van der Waals surface area contributed by atoms with Gasteiger partial charge in [-0.15, -0.1) is 0 Å². The Morgan fingerprint density at radius 1 is 1.32 bits per heavy atom. The van der Waals surface area contributed by atoms with E-state index in [0.717, 1.165) is 0 Å². The number of nitrogens with one attached hydrogen (secondary N) is 2. The average Bonchev–Trinajstić information content (AvgIpc) is 2.41. The summed E-state index contributed by atoms with van der Waals surface area (Å²) in [6.07, 6.45) is 0.224. The van der Waals surface area contributed by atoms with Crippen LogP contribution in [-0.4, -0.2) is 35.8 Å². The average molecular weight is 269 g/mol. The summed E-state index contributed by atoms with van der Waals surface area (Å²) in [5.74, 6) is 7.22.